The summed E-state index contributed by atoms with van der Waals surface area (Å²) in [5.74, 6) is -0.0307. The van der Waals surface area contributed by atoms with Crippen molar-refractivity contribution in [3.05, 3.63) is 64.5 Å². The summed E-state index contributed by atoms with van der Waals surface area (Å²) in [7, 11) is -2.08. The Labute approximate surface area is 202 Å². The molecule has 174 valence electrons. The second-order valence-electron chi connectivity index (χ2n) is 7.84. The van der Waals surface area contributed by atoms with E-state index in [1.807, 2.05) is 6.07 Å². The van der Waals surface area contributed by atoms with Gasteiger partial charge in [0.15, 0.2) is 0 Å². The Balaban J connectivity index is 1.42. The highest BCUT2D eigenvalue weighted by molar-refractivity contribution is 7.89. The number of hydrogen-bond donors (Lipinski definition) is 0. The van der Waals surface area contributed by atoms with E-state index in [2.05, 4.69) is 10.1 Å². The number of nitrogens with zero attached hydrogens (tertiary/aromatic N) is 4. The molecule has 1 saturated heterocycles. The van der Waals surface area contributed by atoms with Crippen LogP contribution in [0.25, 0.3) is 11.4 Å². The largest absolute Gasteiger partial charge is 0.337 e. The van der Waals surface area contributed by atoms with Crippen LogP contribution in [-0.2, 0) is 21.4 Å². The van der Waals surface area contributed by atoms with Gasteiger partial charge in [0.25, 0.3) is 0 Å². The van der Waals surface area contributed by atoms with Gasteiger partial charge in [0.2, 0.25) is 27.6 Å². The van der Waals surface area contributed by atoms with Crippen LogP contribution in [0.2, 0.25) is 10.0 Å². The molecule has 2 aromatic carbocycles. The highest BCUT2D eigenvalue weighted by Gasteiger charge is 2.34. The Kier molecular flexibility index (Phi) is 7.04. The number of rotatable bonds is 6. The van der Waals surface area contributed by atoms with Gasteiger partial charge < -0.3 is 9.42 Å². The molecule has 0 aliphatic carbocycles. The van der Waals surface area contributed by atoms with Crippen molar-refractivity contribution in [3.8, 4) is 11.4 Å². The van der Waals surface area contributed by atoms with Gasteiger partial charge in [-0.1, -0.05) is 40.5 Å². The summed E-state index contributed by atoms with van der Waals surface area (Å²) < 4.78 is 32.7. The van der Waals surface area contributed by atoms with Gasteiger partial charge in [-0.15, -0.1) is 0 Å². The van der Waals surface area contributed by atoms with E-state index in [4.69, 9.17) is 27.7 Å². The fourth-order valence-corrected chi connectivity index (χ4v) is 5.65. The van der Waals surface area contributed by atoms with Gasteiger partial charge in [0.1, 0.15) is 0 Å². The molecule has 0 saturated carbocycles. The molecular formula is C22H22Cl2N4O4S. The van der Waals surface area contributed by atoms with Crippen LogP contribution in [0.4, 0.5) is 0 Å². The molecule has 3 aromatic rings. The number of aromatic nitrogens is 2. The number of benzene rings is 2. The normalized spacial score (nSPS) is 17.1. The lowest BCUT2D eigenvalue weighted by Crippen LogP contribution is -2.45. The first-order valence-electron chi connectivity index (χ1n) is 10.3. The van der Waals surface area contributed by atoms with Crippen LogP contribution >= 0.6 is 23.2 Å². The molecule has 0 unspecified atom stereocenters. The van der Waals surface area contributed by atoms with E-state index in [1.165, 1.54) is 33.5 Å². The van der Waals surface area contributed by atoms with Crippen molar-refractivity contribution >= 4 is 39.1 Å². The molecule has 11 heteroatoms. The number of piperidine rings is 1. The van der Waals surface area contributed by atoms with Crippen molar-refractivity contribution in [2.24, 2.45) is 5.92 Å². The molecule has 8 nitrogen and oxygen atoms in total. The van der Waals surface area contributed by atoms with Crippen LogP contribution in [-0.4, -0.2) is 53.8 Å². The highest BCUT2D eigenvalue weighted by atomic mass is 35.5. The van der Waals surface area contributed by atoms with Crippen molar-refractivity contribution in [2.45, 2.75) is 24.3 Å². The number of carbonyl (C=O) groups excluding carboxylic acids is 1. The number of carbonyl (C=O) groups is 1. The third kappa shape index (κ3) is 5.22. The second-order valence-corrected chi connectivity index (χ2v) is 10.6. The van der Waals surface area contributed by atoms with E-state index in [0.717, 1.165) is 0 Å². The summed E-state index contributed by atoms with van der Waals surface area (Å²) >= 11 is 12.1. The summed E-state index contributed by atoms with van der Waals surface area (Å²) in [5, 5.41) is 4.91. The number of amides is 1. The average molecular weight is 509 g/mol. The molecule has 1 atom stereocenters. The van der Waals surface area contributed by atoms with Crippen LogP contribution in [0.3, 0.4) is 0 Å². The Morgan fingerprint density at radius 1 is 1.18 bits per heavy atom. The maximum Gasteiger partial charge on any atom is 0.246 e. The quantitative estimate of drug-likeness (QED) is 0.497. The van der Waals surface area contributed by atoms with Crippen molar-refractivity contribution in [2.75, 3.05) is 20.1 Å². The van der Waals surface area contributed by atoms with Crippen molar-refractivity contribution in [3.63, 3.8) is 0 Å². The van der Waals surface area contributed by atoms with E-state index in [-0.39, 0.29) is 29.8 Å². The van der Waals surface area contributed by atoms with Crippen LogP contribution in [0.1, 0.15) is 18.7 Å². The first kappa shape index (κ1) is 23.7. The lowest BCUT2D eigenvalue weighted by molar-refractivity contribution is -0.136. The lowest BCUT2D eigenvalue weighted by atomic mass is 9.98. The Morgan fingerprint density at radius 2 is 1.91 bits per heavy atom. The average Bonchev–Trinajstić information content (AvgIpc) is 3.27. The molecule has 1 amide bonds. The Bertz CT molecular complexity index is 1250. The van der Waals surface area contributed by atoms with Gasteiger partial charge in [-0.2, -0.15) is 9.29 Å². The molecule has 0 radical (unpaired) electrons. The topological polar surface area (TPSA) is 96.6 Å². The molecule has 0 bridgehead atoms. The molecule has 1 aliphatic heterocycles. The third-order valence-corrected chi connectivity index (χ3v) is 7.98. The van der Waals surface area contributed by atoms with Crippen LogP contribution in [0, 0.1) is 5.92 Å². The van der Waals surface area contributed by atoms with Gasteiger partial charge in [0.05, 0.1) is 22.4 Å². The highest BCUT2D eigenvalue weighted by Crippen LogP contribution is 2.27. The molecule has 1 aromatic heterocycles. The van der Waals surface area contributed by atoms with E-state index in [0.29, 0.717) is 40.8 Å². The molecule has 0 N–H and O–H groups in total. The zero-order chi connectivity index (χ0) is 23.6. The van der Waals surface area contributed by atoms with E-state index >= 15 is 0 Å². The molecule has 33 heavy (non-hydrogen) atoms. The van der Waals surface area contributed by atoms with E-state index in [9.17, 15) is 13.2 Å². The second kappa shape index (κ2) is 9.80. The van der Waals surface area contributed by atoms with Crippen molar-refractivity contribution in [1.82, 2.24) is 19.3 Å². The first-order valence-corrected chi connectivity index (χ1v) is 12.5. The number of halogens is 2. The predicted octanol–water partition coefficient (Wildman–Crippen LogP) is 4.10. The first-order chi connectivity index (χ1) is 15.8. The van der Waals surface area contributed by atoms with Crippen LogP contribution in [0.15, 0.2) is 57.9 Å². The maximum atomic E-state index is 13.1. The molecule has 2 heterocycles. The number of hydrogen-bond acceptors (Lipinski definition) is 6. The van der Waals surface area contributed by atoms with Gasteiger partial charge in [-0.25, -0.2) is 8.42 Å². The molecular weight excluding hydrogens is 487 g/mol. The summed E-state index contributed by atoms with van der Waals surface area (Å²) in [6, 6.07) is 13.2. The molecule has 0 spiro atoms. The monoisotopic (exact) mass is 508 g/mol. The van der Waals surface area contributed by atoms with Crippen molar-refractivity contribution in [1.29, 1.82) is 0 Å². The fraction of sp³-hybridized carbons (Fsp3) is 0.318. The summed E-state index contributed by atoms with van der Waals surface area (Å²) in [5.41, 5.74) is 0.637. The molecule has 1 fully saturated rings. The van der Waals surface area contributed by atoms with E-state index in [1.54, 1.807) is 25.2 Å². The minimum absolute atomic E-state index is 0.108. The summed E-state index contributed by atoms with van der Waals surface area (Å²) in [6.07, 6.45) is 1.19. The smallest absolute Gasteiger partial charge is 0.246 e. The van der Waals surface area contributed by atoms with Gasteiger partial charge in [-0.05, 0) is 49.2 Å². The van der Waals surface area contributed by atoms with Crippen molar-refractivity contribution < 1.29 is 17.7 Å². The summed E-state index contributed by atoms with van der Waals surface area (Å²) in [4.78, 5) is 19.0. The summed E-state index contributed by atoms with van der Waals surface area (Å²) in [6.45, 7) is 0.586. The Morgan fingerprint density at radius 3 is 2.64 bits per heavy atom. The standard InChI is InChI=1S/C22H22Cl2N4O4S/c1-27(14-20-25-21(26-32-20)18-6-2-3-7-19(18)24)22(29)15-5-4-12-28(13-15)33(30,31)17-10-8-16(23)9-11-17/h2-3,6-11,15H,4-5,12-14H2,1H3/t15-/m1/s1. The minimum atomic E-state index is -3.71. The zero-order valence-corrected chi connectivity index (χ0v) is 20.1. The third-order valence-electron chi connectivity index (χ3n) is 5.52. The van der Waals surface area contributed by atoms with E-state index < -0.39 is 15.9 Å². The Hall–Kier alpha value is -2.46. The fourth-order valence-electron chi connectivity index (χ4n) is 3.78. The minimum Gasteiger partial charge on any atom is -0.337 e. The van der Waals surface area contributed by atoms with Gasteiger partial charge in [0, 0.05) is 30.7 Å². The lowest BCUT2D eigenvalue weighted by Gasteiger charge is -2.33. The van der Waals surface area contributed by atoms with Crippen LogP contribution < -0.4 is 0 Å². The number of sulfonamides is 1. The maximum absolute atomic E-state index is 13.1. The van der Waals surface area contributed by atoms with Gasteiger partial charge >= 0.3 is 0 Å². The predicted molar refractivity (Wildman–Crippen MR) is 124 cm³/mol. The zero-order valence-electron chi connectivity index (χ0n) is 17.8. The van der Waals surface area contributed by atoms with Crippen LogP contribution in [0.5, 0.6) is 0 Å². The van der Waals surface area contributed by atoms with Gasteiger partial charge in [-0.3, -0.25) is 4.79 Å². The SMILES string of the molecule is CN(Cc1nc(-c2ccccc2Cl)no1)C(=O)[C@@H]1CCCN(S(=O)(=O)c2ccc(Cl)cc2)C1. The molecule has 1 aliphatic rings. The molecule has 4 rings (SSSR count).